The van der Waals surface area contributed by atoms with Crippen LogP contribution in [-0.4, -0.2) is 18.3 Å². The van der Waals surface area contributed by atoms with Crippen LogP contribution in [0.3, 0.4) is 0 Å². The number of hydrogen-bond acceptors (Lipinski definition) is 1. The van der Waals surface area contributed by atoms with Gasteiger partial charge in [0.2, 0.25) is 0 Å². The predicted octanol–water partition coefficient (Wildman–Crippen LogP) is 5.05. The van der Waals surface area contributed by atoms with E-state index < -0.39 is 13.3 Å². The van der Waals surface area contributed by atoms with Crippen molar-refractivity contribution in [3.63, 3.8) is 0 Å². The molecule has 2 heteroatoms. The van der Waals surface area contributed by atoms with Crippen LogP contribution in [0.15, 0.2) is 42.6 Å². The summed E-state index contributed by atoms with van der Waals surface area (Å²) in [6.07, 6.45) is 2.16. The van der Waals surface area contributed by atoms with Crippen LogP contribution in [0.5, 0.6) is 0 Å². The van der Waals surface area contributed by atoms with E-state index in [-0.39, 0.29) is 0 Å². The van der Waals surface area contributed by atoms with Crippen molar-refractivity contribution >= 4 is 17.7 Å². The standard InChI is InChI=1S/C19H27GeN/c1-14(2)15(3)17-12-19(16-10-8-7-9-11-16)21-13-18(17)20(4,5)6/h7-15H,1-6H3. The fourth-order valence-corrected chi connectivity index (χ4v) is 5.99. The summed E-state index contributed by atoms with van der Waals surface area (Å²) >= 11 is -1.90. The second-order valence-electron chi connectivity index (χ2n) is 7.31. The zero-order valence-electron chi connectivity index (χ0n) is 14.1. The topological polar surface area (TPSA) is 12.9 Å². The fourth-order valence-electron chi connectivity index (χ4n) is 2.60. The summed E-state index contributed by atoms with van der Waals surface area (Å²) in [5.74, 6) is 8.59. The Morgan fingerprint density at radius 3 is 2.10 bits per heavy atom. The molecule has 0 spiro atoms. The maximum absolute atomic E-state index is 4.76. The Morgan fingerprint density at radius 1 is 0.952 bits per heavy atom. The molecule has 0 aliphatic heterocycles. The Morgan fingerprint density at radius 2 is 1.57 bits per heavy atom. The molecule has 1 aromatic carbocycles. The molecule has 1 nitrogen and oxygen atoms in total. The number of hydrogen-bond donors (Lipinski definition) is 0. The molecule has 1 heterocycles. The first-order valence-electron chi connectivity index (χ1n) is 7.86. The first-order chi connectivity index (χ1) is 9.80. The SMILES string of the molecule is CC(C)C(C)c1cc(-c2ccccc2)nc[c]1[Ge]([CH3])([CH3])[CH3]. The molecule has 0 amide bonds. The average molecular weight is 342 g/mol. The van der Waals surface area contributed by atoms with Crippen LogP contribution in [0.1, 0.15) is 32.3 Å². The van der Waals surface area contributed by atoms with Gasteiger partial charge in [-0.2, -0.15) is 0 Å². The summed E-state index contributed by atoms with van der Waals surface area (Å²) in [6, 6.07) is 12.8. The third kappa shape index (κ3) is 3.76. The molecule has 1 atom stereocenters. The number of aromatic nitrogens is 1. The molecule has 2 rings (SSSR count). The molecule has 21 heavy (non-hydrogen) atoms. The minimum atomic E-state index is -1.90. The summed E-state index contributed by atoms with van der Waals surface area (Å²) in [5, 5.41) is 0. The van der Waals surface area contributed by atoms with Crippen LogP contribution >= 0.6 is 0 Å². The van der Waals surface area contributed by atoms with Gasteiger partial charge >= 0.3 is 132 Å². The van der Waals surface area contributed by atoms with Gasteiger partial charge in [-0.1, -0.05) is 0 Å². The van der Waals surface area contributed by atoms with Crippen molar-refractivity contribution in [1.82, 2.24) is 4.98 Å². The summed E-state index contributed by atoms with van der Waals surface area (Å²) in [5.41, 5.74) is 3.84. The van der Waals surface area contributed by atoms with Crippen molar-refractivity contribution in [3.05, 3.63) is 48.2 Å². The Balaban J connectivity index is 2.57. The van der Waals surface area contributed by atoms with E-state index in [9.17, 15) is 0 Å². The molecule has 0 fully saturated rings. The van der Waals surface area contributed by atoms with E-state index in [4.69, 9.17) is 4.98 Å². The van der Waals surface area contributed by atoms with E-state index in [0.717, 1.165) is 5.69 Å². The number of nitrogens with zero attached hydrogens (tertiary/aromatic N) is 1. The number of pyridine rings is 1. The van der Waals surface area contributed by atoms with E-state index in [1.165, 1.54) is 11.1 Å². The predicted molar refractivity (Wildman–Crippen MR) is 95.9 cm³/mol. The van der Waals surface area contributed by atoms with Crippen LogP contribution in [0, 0.1) is 5.92 Å². The zero-order valence-corrected chi connectivity index (χ0v) is 16.2. The van der Waals surface area contributed by atoms with E-state index in [1.54, 1.807) is 4.40 Å². The molecule has 0 N–H and O–H groups in total. The van der Waals surface area contributed by atoms with Gasteiger partial charge in [0.05, 0.1) is 0 Å². The molecule has 0 bridgehead atoms. The number of benzene rings is 1. The van der Waals surface area contributed by atoms with Gasteiger partial charge in [-0.15, -0.1) is 0 Å². The van der Waals surface area contributed by atoms with E-state index in [2.05, 4.69) is 80.6 Å². The van der Waals surface area contributed by atoms with Crippen LogP contribution in [0.25, 0.3) is 11.3 Å². The summed E-state index contributed by atoms with van der Waals surface area (Å²) < 4.78 is 1.55. The van der Waals surface area contributed by atoms with Gasteiger partial charge in [-0.25, -0.2) is 0 Å². The van der Waals surface area contributed by atoms with E-state index >= 15 is 0 Å². The van der Waals surface area contributed by atoms with E-state index in [0.29, 0.717) is 11.8 Å². The molecular weight excluding hydrogens is 315 g/mol. The Hall–Kier alpha value is -1.09. The number of rotatable bonds is 4. The molecule has 1 aromatic heterocycles. The normalized spacial score (nSPS) is 13.5. The van der Waals surface area contributed by atoms with Crippen LogP contribution in [0.2, 0.25) is 17.3 Å². The van der Waals surface area contributed by atoms with Crippen LogP contribution < -0.4 is 4.40 Å². The zero-order chi connectivity index (χ0) is 15.6. The van der Waals surface area contributed by atoms with Gasteiger partial charge in [-0.05, 0) is 0 Å². The summed E-state index contributed by atoms with van der Waals surface area (Å²) in [4.78, 5) is 4.76. The van der Waals surface area contributed by atoms with Gasteiger partial charge < -0.3 is 0 Å². The Labute approximate surface area is 132 Å². The Kier molecular flexibility index (Phi) is 4.93. The molecule has 0 radical (unpaired) electrons. The second kappa shape index (κ2) is 6.35. The van der Waals surface area contributed by atoms with Crippen molar-refractivity contribution < 1.29 is 0 Å². The average Bonchev–Trinajstić information content (AvgIpc) is 2.45. The second-order valence-corrected chi connectivity index (χ2v) is 17.9. The monoisotopic (exact) mass is 343 g/mol. The Bertz CT molecular complexity index is 597. The summed E-state index contributed by atoms with van der Waals surface area (Å²) in [7, 11) is 0. The van der Waals surface area contributed by atoms with Gasteiger partial charge in [0.25, 0.3) is 0 Å². The van der Waals surface area contributed by atoms with Gasteiger partial charge in [-0.3, -0.25) is 0 Å². The van der Waals surface area contributed by atoms with Gasteiger partial charge in [0.15, 0.2) is 0 Å². The van der Waals surface area contributed by atoms with Crippen LogP contribution in [-0.2, 0) is 0 Å². The molecule has 0 saturated heterocycles. The van der Waals surface area contributed by atoms with E-state index in [1.807, 2.05) is 0 Å². The van der Waals surface area contributed by atoms with Crippen LogP contribution in [0.4, 0.5) is 0 Å². The fraction of sp³-hybridized carbons (Fsp3) is 0.421. The van der Waals surface area contributed by atoms with Crippen molar-refractivity contribution in [2.45, 2.75) is 44.0 Å². The first kappa shape index (κ1) is 16.3. The first-order valence-corrected chi connectivity index (χ1v) is 15.2. The third-order valence-electron chi connectivity index (χ3n) is 4.30. The molecule has 0 aliphatic rings. The molecule has 2 aromatic rings. The molecule has 0 aliphatic carbocycles. The minimum absolute atomic E-state index is 0.579. The van der Waals surface area contributed by atoms with Crippen molar-refractivity contribution in [3.8, 4) is 11.3 Å². The molecule has 112 valence electrons. The molecule has 0 saturated carbocycles. The van der Waals surface area contributed by atoms with Crippen molar-refractivity contribution in [2.24, 2.45) is 5.92 Å². The quantitative estimate of drug-likeness (QED) is 0.709. The van der Waals surface area contributed by atoms with Gasteiger partial charge in [0, 0.05) is 0 Å². The van der Waals surface area contributed by atoms with Gasteiger partial charge in [0.1, 0.15) is 0 Å². The summed E-state index contributed by atoms with van der Waals surface area (Å²) in [6.45, 7) is 6.98. The maximum atomic E-state index is 4.76. The van der Waals surface area contributed by atoms with Crippen molar-refractivity contribution in [1.29, 1.82) is 0 Å². The third-order valence-corrected chi connectivity index (χ3v) is 8.57. The molecular formula is C19H27GeN. The molecule has 1 unspecified atom stereocenters. The van der Waals surface area contributed by atoms with Crippen molar-refractivity contribution in [2.75, 3.05) is 0 Å².